The second-order valence-corrected chi connectivity index (χ2v) is 3.06. The van der Waals surface area contributed by atoms with E-state index in [1.165, 1.54) is 7.05 Å². The second kappa shape index (κ2) is 4.72. The minimum atomic E-state index is -0.210. The molecule has 1 amide bonds. The van der Waals surface area contributed by atoms with Crippen molar-refractivity contribution in [1.82, 2.24) is 5.32 Å². The van der Waals surface area contributed by atoms with Crippen LogP contribution in [0.4, 0.5) is 5.69 Å². The van der Waals surface area contributed by atoms with Gasteiger partial charge in [-0.25, -0.2) is 0 Å². The molecule has 1 rings (SSSR count). The van der Waals surface area contributed by atoms with Crippen LogP contribution in [0.1, 0.15) is 0 Å². The summed E-state index contributed by atoms with van der Waals surface area (Å²) in [7, 11) is 1.54. The molecule has 1 aromatic carbocycles. The fraction of sp³-hybridized carbons (Fsp3) is 0.222. The SMILES string of the molecule is CNC(=O)COc1ccc(N)cc1Cl. The van der Waals surface area contributed by atoms with Gasteiger partial charge in [-0.2, -0.15) is 0 Å². The molecular formula is C9H11ClN2O2. The van der Waals surface area contributed by atoms with Gasteiger partial charge in [0.15, 0.2) is 6.61 Å². The number of nitrogen functional groups attached to an aromatic ring is 1. The van der Waals surface area contributed by atoms with Crippen molar-refractivity contribution in [3.8, 4) is 5.75 Å². The average Bonchev–Trinajstić information content (AvgIpc) is 2.16. The Morgan fingerprint density at radius 3 is 2.93 bits per heavy atom. The molecule has 5 heteroatoms. The Labute approximate surface area is 87.0 Å². The Balaban J connectivity index is 2.63. The van der Waals surface area contributed by atoms with Crippen molar-refractivity contribution in [3.05, 3.63) is 23.2 Å². The Morgan fingerprint density at radius 2 is 2.36 bits per heavy atom. The van der Waals surface area contributed by atoms with Gasteiger partial charge in [-0.05, 0) is 18.2 Å². The third kappa shape index (κ3) is 2.81. The largest absolute Gasteiger partial charge is 0.482 e. The highest BCUT2D eigenvalue weighted by Crippen LogP contribution is 2.26. The van der Waals surface area contributed by atoms with Crippen LogP contribution in [0, 0.1) is 0 Å². The number of likely N-dealkylation sites (N-methyl/N-ethyl adjacent to an activating group) is 1. The number of halogens is 1. The molecule has 4 nitrogen and oxygen atoms in total. The summed E-state index contributed by atoms with van der Waals surface area (Å²) in [6.45, 7) is -0.0554. The van der Waals surface area contributed by atoms with Crippen LogP contribution in [-0.4, -0.2) is 19.6 Å². The number of rotatable bonds is 3. The van der Waals surface area contributed by atoms with E-state index in [9.17, 15) is 4.79 Å². The van der Waals surface area contributed by atoms with Gasteiger partial charge in [-0.1, -0.05) is 11.6 Å². The van der Waals surface area contributed by atoms with Crippen LogP contribution in [-0.2, 0) is 4.79 Å². The number of anilines is 1. The molecule has 14 heavy (non-hydrogen) atoms. The van der Waals surface area contributed by atoms with Crippen LogP contribution in [0.5, 0.6) is 5.75 Å². The number of hydrogen-bond donors (Lipinski definition) is 2. The van der Waals surface area contributed by atoms with Crippen LogP contribution in [0.25, 0.3) is 0 Å². The lowest BCUT2D eigenvalue weighted by Gasteiger charge is -2.07. The number of ether oxygens (including phenoxy) is 1. The highest BCUT2D eigenvalue weighted by atomic mass is 35.5. The summed E-state index contributed by atoms with van der Waals surface area (Å²) in [6.07, 6.45) is 0. The van der Waals surface area contributed by atoms with Crippen molar-refractivity contribution in [2.24, 2.45) is 0 Å². The molecule has 0 spiro atoms. The van der Waals surface area contributed by atoms with Crippen molar-refractivity contribution < 1.29 is 9.53 Å². The second-order valence-electron chi connectivity index (χ2n) is 2.65. The Hall–Kier alpha value is -1.42. The van der Waals surface area contributed by atoms with Gasteiger partial charge in [-0.15, -0.1) is 0 Å². The van der Waals surface area contributed by atoms with Crippen molar-refractivity contribution >= 4 is 23.2 Å². The highest BCUT2D eigenvalue weighted by Gasteiger charge is 2.04. The lowest BCUT2D eigenvalue weighted by atomic mass is 10.3. The first-order valence-corrected chi connectivity index (χ1v) is 4.39. The predicted molar refractivity (Wildman–Crippen MR) is 55.4 cm³/mol. The summed E-state index contributed by atoms with van der Waals surface area (Å²) in [4.78, 5) is 10.9. The van der Waals surface area contributed by atoms with Gasteiger partial charge in [0.2, 0.25) is 0 Å². The van der Waals surface area contributed by atoms with Gasteiger partial charge >= 0.3 is 0 Å². The Bertz CT molecular complexity index is 342. The molecule has 1 aromatic rings. The number of hydrogen-bond acceptors (Lipinski definition) is 3. The molecule has 76 valence electrons. The van der Waals surface area contributed by atoms with E-state index in [1.807, 2.05) is 0 Å². The van der Waals surface area contributed by atoms with Gasteiger partial charge in [0.1, 0.15) is 5.75 Å². The van der Waals surface area contributed by atoms with Crippen LogP contribution < -0.4 is 15.8 Å². The van der Waals surface area contributed by atoms with E-state index in [0.717, 1.165) is 0 Å². The summed E-state index contributed by atoms with van der Waals surface area (Å²) in [6, 6.07) is 4.85. The molecule has 0 heterocycles. The lowest BCUT2D eigenvalue weighted by molar-refractivity contribution is -0.122. The van der Waals surface area contributed by atoms with Crippen LogP contribution in [0.15, 0.2) is 18.2 Å². The third-order valence-corrected chi connectivity index (χ3v) is 1.89. The number of carbonyl (C=O) groups excluding carboxylic acids is 1. The number of amides is 1. The molecule has 0 atom stereocenters. The first-order valence-electron chi connectivity index (χ1n) is 4.02. The lowest BCUT2D eigenvalue weighted by Crippen LogP contribution is -2.24. The van der Waals surface area contributed by atoms with E-state index < -0.39 is 0 Å². The molecule has 0 saturated carbocycles. The molecular weight excluding hydrogens is 204 g/mol. The summed E-state index contributed by atoms with van der Waals surface area (Å²) in [5, 5.41) is 2.83. The standard InChI is InChI=1S/C9H11ClN2O2/c1-12-9(13)5-14-8-3-2-6(11)4-7(8)10/h2-4H,5,11H2,1H3,(H,12,13). The number of nitrogens with two attached hydrogens (primary N) is 1. The van der Waals surface area contributed by atoms with Gasteiger partial charge in [0.05, 0.1) is 5.02 Å². The number of benzene rings is 1. The van der Waals surface area contributed by atoms with Crippen molar-refractivity contribution in [1.29, 1.82) is 0 Å². The molecule has 0 bridgehead atoms. The molecule has 0 aliphatic rings. The molecule has 0 radical (unpaired) electrons. The van der Waals surface area contributed by atoms with E-state index in [1.54, 1.807) is 18.2 Å². The minimum Gasteiger partial charge on any atom is -0.482 e. The van der Waals surface area contributed by atoms with Gasteiger partial charge in [0.25, 0.3) is 5.91 Å². The zero-order valence-electron chi connectivity index (χ0n) is 7.71. The van der Waals surface area contributed by atoms with E-state index in [4.69, 9.17) is 22.1 Å². The van der Waals surface area contributed by atoms with E-state index in [2.05, 4.69) is 5.32 Å². The average molecular weight is 215 g/mol. The van der Waals surface area contributed by atoms with Crippen LogP contribution in [0.3, 0.4) is 0 Å². The minimum absolute atomic E-state index is 0.0554. The molecule has 0 aromatic heterocycles. The maximum Gasteiger partial charge on any atom is 0.257 e. The van der Waals surface area contributed by atoms with Crippen molar-refractivity contribution in [2.45, 2.75) is 0 Å². The Morgan fingerprint density at radius 1 is 1.64 bits per heavy atom. The van der Waals surface area contributed by atoms with E-state index in [0.29, 0.717) is 16.5 Å². The highest BCUT2D eigenvalue weighted by molar-refractivity contribution is 6.32. The molecule has 0 aliphatic heterocycles. The maximum absolute atomic E-state index is 10.9. The summed E-state index contributed by atoms with van der Waals surface area (Å²) in [5.74, 6) is 0.238. The first kappa shape index (κ1) is 10.7. The quantitative estimate of drug-likeness (QED) is 0.740. The van der Waals surface area contributed by atoms with E-state index in [-0.39, 0.29) is 12.5 Å². The van der Waals surface area contributed by atoms with Crippen LogP contribution >= 0.6 is 11.6 Å². The molecule has 3 N–H and O–H groups in total. The molecule has 0 saturated heterocycles. The normalized spacial score (nSPS) is 9.57. The number of nitrogens with one attached hydrogen (secondary N) is 1. The molecule has 0 unspecified atom stereocenters. The fourth-order valence-electron chi connectivity index (χ4n) is 0.850. The summed E-state index contributed by atoms with van der Waals surface area (Å²) < 4.78 is 5.14. The topological polar surface area (TPSA) is 64.3 Å². The smallest absolute Gasteiger partial charge is 0.257 e. The predicted octanol–water partition coefficient (Wildman–Crippen LogP) is 1.05. The van der Waals surface area contributed by atoms with Gasteiger partial charge in [0, 0.05) is 12.7 Å². The molecule has 0 fully saturated rings. The van der Waals surface area contributed by atoms with Crippen molar-refractivity contribution in [3.63, 3.8) is 0 Å². The Kier molecular flexibility index (Phi) is 3.59. The van der Waals surface area contributed by atoms with Crippen molar-refractivity contribution in [2.75, 3.05) is 19.4 Å². The first-order chi connectivity index (χ1) is 6.63. The zero-order valence-corrected chi connectivity index (χ0v) is 8.47. The van der Waals surface area contributed by atoms with E-state index >= 15 is 0 Å². The van der Waals surface area contributed by atoms with Crippen LogP contribution in [0.2, 0.25) is 5.02 Å². The monoisotopic (exact) mass is 214 g/mol. The maximum atomic E-state index is 10.9. The summed E-state index contributed by atoms with van der Waals surface area (Å²) >= 11 is 5.82. The fourth-order valence-corrected chi connectivity index (χ4v) is 1.09. The number of carbonyl (C=O) groups is 1. The summed E-state index contributed by atoms with van der Waals surface area (Å²) in [5.41, 5.74) is 6.05. The third-order valence-electron chi connectivity index (χ3n) is 1.59. The molecule has 0 aliphatic carbocycles. The van der Waals surface area contributed by atoms with Gasteiger partial charge < -0.3 is 15.8 Å². The zero-order chi connectivity index (χ0) is 10.6. The van der Waals surface area contributed by atoms with Gasteiger partial charge in [-0.3, -0.25) is 4.79 Å².